The fourth-order valence-corrected chi connectivity index (χ4v) is 7.58. The molecule has 2 heterocycles. The molecule has 1 saturated heterocycles. The first kappa shape index (κ1) is 38.9. The summed E-state index contributed by atoms with van der Waals surface area (Å²) in [6, 6.07) is 11.0. The minimum atomic E-state index is -3.92. The lowest BCUT2D eigenvalue weighted by molar-refractivity contribution is -0.133. The molecule has 1 aliphatic carbocycles. The van der Waals surface area contributed by atoms with Crippen LogP contribution < -0.4 is 16.0 Å². The maximum atomic E-state index is 14.2. The first-order valence-electron chi connectivity index (χ1n) is 17.3. The zero-order valence-corrected chi connectivity index (χ0v) is 30.8. The molecular formula is C37H52N6O6S. The minimum absolute atomic E-state index is 0.0395. The first-order valence-corrected chi connectivity index (χ1v) is 19.2. The van der Waals surface area contributed by atoms with Crippen LogP contribution in [0.25, 0.3) is 0 Å². The van der Waals surface area contributed by atoms with Gasteiger partial charge in [0.05, 0.1) is 28.5 Å². The van der Waals surface area contributed by atoms with Crippen molar-refractivity contribution < 1.29 is 27.9 Å². The maximum Gasteiger partial charge on any atom is 0.253 e. The second-order valence-electron chi connectivity index (χ2n) is 15.4. The molecule has 272 valence electrons. The third kappa shape index (κ3) is 9.89. The average Bonchev–Trinajstić information content (AvgIpc) is 3.05. The van der Waals surface area contributed by atoms with Crippen molar-refractivity contribution in [2.45, 2.75) is 108 Å². The Bertz CT molecular complexity index is 1650. The summed E-state index contributed by atoms with van der Waals surface area (Å²) in [4.78, 5) is 47.1. The molecule has 2 aromatic rings. The Morgan fingerprint density at radius 3 is 2.26 bits per heavy atom. The topological polar surface area (TPSA) is 182 Å². The molecule has 1 aromatic heterocycles. The first-order chi connectivity index (χ1) is 23.4. The molecule has 1 aliphatic heterocycles. The average molecular weight is 709 g/mol. The van der Waals surface area contributed by atoms with Gasteiger partial charge in [0.25, 0.3) is 5.91 Å². The number of benzene rings is 1. The summed E-state index contributed by atoms with van der Waals surface area (Å²) in [6.07, 6.45) is 6.35. The van der Waals surface area contributed by atoms with Gasteiger partial charge < -0.3 is 21.1 Å². The molecule has 4 rings (SSSR count). The summed E-state index contributed by atoms with van der Waals surface area (Å²) >= 11 is 0. The highest BCUT2D eigenvalue weighted by Gasteiger charge is 2.46. The smallest absolute Gasteiger partial charge is 0.253 e. The molecule has 1 saturated carbocycles. The van der Waals surface area contributed by atoms with Gasteiger partial charge in [0.1, 0.15) is 17.8 Å². The lowest BCUT2D eigenvalue weighted by Gasteiger charge is -2.47. The molecular weight excluding hydrogens is 657 g/mol. The van der Waals surface area contributed by atoms with Gasteiger partial charge in [0.15, 0.2) is 9.84 Å². The van der Waals surface area contributed by atoms with Crippen LogP contribution in [0.1, 0.15) is 88.3 Å². The molecule has 6 atom stereocenters. The van der Waals surface area contributed by atoms with E-state index in [1.165, 1.54) is 32.2 Å². The van der Waals surface area contributed by atoms with Crippen molar-refractivity contribution in [2.75, 3.05) is 19.3 Å². The lowest BCUT2D eigenvalue weighted by atomic mass is 9.72. The predicted molar refractivity (Wildman–Crippen MR) is 191 cm³/mol. The predicted octanol–water partition coefficient (Wildman–Crippen LogP) is 2.76. The van der Waals surface area contributed by atoms with Crippen molar-refractivity contribution >= 4 is 27.6 Å². The van der Waals surface area contributed by atoms with E-state index in [4.69, 9.17) is 5.26 Å². The van der Waals surface area contributed by atoms with Crippen LogP contribution in [-0.2, 0) is 25.8 Å². The number of rotatable bonds is 12. The molecule has 12 nitrogen and oxygen atoms in total. The number of aliphatic hydroxyl groups excluding tert-OH is 1. The Hall–Kier alpha value is -3.86. The number of hydrogen-bond acceptors (Lipinski definition) is 9. The Labute approximate surface area is 296 Å². The lowest BCUT2D eigenvalue weighted by Crippen LogP contribution is -2.64. The van der Waals surface area contributed by atoms with Crippen LogP contribution in [0, 0.1) is 23.2 Å². The van der Waals surface area contributed by atoms with Gasteiger partial charge in [0.2, 0.25) is 11.8 Å². The van der Waals surface area contributed by atoms with E-state index in [0.29, 0.717) is 24.8 Å². The van der Waals surface area contributed by atoms with E-state index in [1.54, 1.807) is 0 Å². The summed E-state index contributed by atoms with van der Waals surface area (Å²) in [5.41, 5.74) is 0.527. The fraction of sp³-hybridized carbons (Fsp3) is 0.595. The third-order valence-corrected chi connectivity index (χ3v) is 12.3. The number of hydrogen-bond donors (Lipinski definition) is 4. The van der Waals surface area contributed by atoms with Gasteiger partial charge in [-0.1, -0.05) is 49.6 Å². The van der Waals surface area contributed by atoms with E-state index in [1.807, 2.05) is 62.1 Å². The second kappa shape index (κ2) is 16.0. The summed E-state index contributed by atoms with van der Waals surface area (Å²) in [5.74, 6) is -0.789. The fourth-order valence-electron chi connectivity index (χ4n) is 6.99. The van der Waals surface area contributed by atoms with E-state index in [0.717, 1.165) is 37.5 Å². The largest absolute Gasteiger partial charge is 0.390 e. The van der Waals surface area contributed by atoms with Crippen LogP contribution in [0.2, 0.25) is 0 Å². The summed E-state index contributed by atoms with van der Waals surface area (Å²) < 4.78 is 24.3. The molecule has 0 bridgehead atoms. The summed E-state index contributed by atoms with van der Waals surface area (Å²) in [6.45, 7) is 9.28. The van der Waals surface area contributed by atoms with Crippen LogP contribution in [-0.4, -0.2) is 95.0 Å². The summed E-state index contributed by atoms with van der Waals surface area (Å²) in [5, 5.41) is 29.6. The quantitative estimate of drug-likeness (QED) is 0.258. The van der Waals surface area contributed by atoms with E-state index in [9.17, 15) is 27.9 Å². The van der Waals surface area contributed by atoms with Crippen LogP contribution in [0.3, 0.4) is 0 Å². The highest BCUT2D eigenvalue weighted by atomic mass is 32.2. The highest BCUT2D eigenvalue weighted by molar-refractivity contribution is 7.92. The molecule has 4 N–H and O–H groups in total. The number of amides is 3. The van der Waals surface area contributed by atoms with Crippen LogP contribution >= 0.6 is 0 Å². The van der Waals surface area contributed by atoms with Gasteiger partial charge in [-0.25, -0.2) is 13.4 Å². The molecule has 2 aliphatic rings. The number of nitrogens with one attached hydrogen (secondary N) is 3. The molecule has 0 spiro atoms. The van der Waals surface area contributed by atoms with Crippen molar-refractivity contribution in [1.82, 2.24) is 25.8 Å². The van der Waals surface area contributed by atoms with E-state index < -0.39 is 56.2 Å². The number of sulfone groups is 1. The van der Waals surface area contributed by atoms with Gasteiger partial charge in [-0.15, -0.1) is 0 Å². The SMILES string of the molecule is CC(C)(C)NC(=O)[C@@H]1C[C@@H]2CCCC[C@@H]2CN1C[C@@H](O)[C@H](Cc1ccccc1)NC(=O)[C@@H](NC(=O)c1ccc(C#N)nc1)C(C)(C)S(C)(=O)=O. The number of aliphatic hydroxyl groups is 1. The van der Waals surface area contributed by atoms with E-state index in [2.05, 4.69) is 20.9 Å². The zero-order chi connectivity index (χ0) is 36.9. The van der Waals surface area contributed by atoms with Crippen molar-refractivity contribution in [3.63, 3.8) is 0 Å². The van der Waals surface area contributed by atoms with Gasteiger partial charge in [-0.05, 0) is 83.4 Å². The van der Waals surface area contributed by atoms with Crippen LogP contribution in [0.5, 0.6) is 0 Å². The van der Waals surface area contributed by atoms with E-state index >= 15 is 0 Å². The molecule has 13 heteroatoms. The summed E-state index contributed by atoms with van der Waals surface area (Å²) in [7, 11) is -3.92. The number of carbonyl (C=O) groups is 3. The monoisotopic (exact) mass is 708 g/mol. The Morgan fingerprint density at radius 2 is 1.68 bits per heavy atom. The normalized spacial score (nSPS) is 21.8. The van der Waals surface area contributed by atoms with Crippen molar-refractivity contribution in [3.05, 3.63) is 65.5 Å². The van der Waals surface area contributed by atoms with Crippen molar-refractivity contribution in [2.24, 2.45) is 11.8 Å². The molecule has 0 unspecified atom stereocenters. The Kier molecular flexibility index (Phi) is 12.5. The zero-order valence-electron chi connectivity index (χ0n) is 30.0. The number of piperidine rings is 1. The number of likely N-dealkylation sites (tertiary alicyclic amines) is 1. The number of fused-ring (bicyclic) bond motifs is 1. The third-order valence-electron chi connectivity index (χ3n) is 10.1. The van der Waals surface area contributed by atoms with Gasteiger partial charge >= 0.3 is 0 Å². The molecule has 3 amide bonds. The van der Waals surface area contributed by atoms with Gasteiger partial charge in [-0.3, -0.25) is 19.3 Å². The Morgan fingerprint density at radius 1 is 1.02 bits per heavy atom. The second-order valence-corrected chi connectivity index (χ2v) is 18.0. The number of nitrogens with zero attached hydrogens (tertiary/aromatic N) is 3. The number of aromatic nitrogens is 1. The number of pyridine rings is 1. The number of β-amino-alcohol motifs (C(OH)–C–C–N with tert-alkyl or cyclic N) is 1. The minimum Gasteiger partial charge on any atom is -0.390 e. The van der Waals surface area contributed by atoms with Crippen LogP contribution in [0.4, 0.5) is 0 Å². The maximum absolute atomic E-state index is 14.2. The van der Waals surface area contributed by atoms with Gasteiger partial charge in [-0.2, -0.15) is 5.26 Å². The number of nitriles is 1. The van der Waals surface area contributed by atoms with Crippen molar-refractivity contribution in [3.8, 4) is 6.07 Å². The van der Waals surface area contributed by atoms with Crippen LogP contribution in [0.15, 0.2) is 48.7 Å². The molecule has 1 aromatic carbocycles. The molecule has 50 heavy (non-hydrogen) atoms. The van der Waals surface area contributed by atoms with Gasteiger partial charge in [0, 0.05) is 31.1 Å². The molecule has 0 radical (unpaired) electrons. The molecule has 2 fully saturated rings. The Balaban J connectivity index is 1.63. The standard InChI is InChI=1S/C37H52N6O6S/c1-36(2,3)42-34(46)30-19-25-14-10-11-15-27(25)22-43(30)23-31(44)29(18-24-12-8-7-9-13-24)40-35(47)32(37(4,5)50(6,48)49)41-33(45)26-16-17-28(20-38)39-21-26/h7-9,12-13,16-17,21,25,27,29-32,44H,10-11,14-15,18-19,22-23H2,1-6H3,(H,40,47)(H,41,45)(H,42,46)/t25-,27+,29-,30-,31+,32+/m0/s1. The van der Waals surface area contributed by atoms with Crippen molar-refractivity contribution in [1.29, 1.82) is 5.26 Å². The number of carbonyl (C=O) groups excluding carboxylic acids is 3. The van der Waals surface area contributed by atoms with E-state index in [-0.39, 0.29) is 30.1 Å². The highest BCUT2D eigenvalue weighted by Crippen LogP contribution is 2.39.